The van der Waals surface area contributed by atoms with Crippen LogP contribution in [0.2, 0.25) is 0 Å². The highest BCUT2D eigenvalue weighted by atomic mass is 16.5. The standard InChI is InChI=1S/C22H31N3O2/c1-2-3-4-5-6-10-16-20(26)25-17-12-11-15-19(25)22-23-21(24-27-22)18-13-8-7-9-14-18/h7-9,13-14,19H,2-6,10-12,15-17H2,1H3. The van der Waals surface area contributed by atoms with Gasteiger partial charge in [0.05, 0.1) is 0 Å². The Morgan fingerprint density at radius 1 is 1.11 bits per heavy atom. The third kappa shape index (κ3) is 5.41. The molecule has 27 heavy (non-hydrogen) atoms. The van der Waals surface area contributed by atoms with Crippen molar-refractivity contribution in [1.29, 1.82) is 0 Å². The maximum atomic E-state index is 12.8. The van der Waals surface area contributed by atoms with Crippen molar-refractivity contribution in [2.24, 2.45) is 0 Å². The topological polar surface area (TPSA) is 59.2 Å². The largest absolute Gasteiger partial charge is 0.337 e. The van der Waals surface area contributed by atoms with E-state index in [1.54, 1.807) is 0 Å². The average molecular weight is 370 g/mol. The van der Waals surface area contributed by atoms with Crippen molar-refractivity contribution in [3.8, 4) is 11.4 Å². The summed E-state index contributed by atoms with van der Waals surface area (Å²) in [5, 5.41) is 4.14. The fourth-order valence-corrected chi connectivity index (χ4v) is 3.76. The van der Waals surface area contributed by atoms with Gasteiger partial charge in [-0.3, -0.25) is 4.79 Å². The van der Waals surface area contributed by atoms with E-state index in [2.05, 4.69) is 17.1 Å². The Balaban J connectivity index is 1.58. The Morgan fingerprint density at radius 3 is 2.70 bits per heavy atom. The van der Waals surface area contributed by atoms with E-state index in [0.29, 0.717) is 18.1 Å². The smallest absolute Gasteiger partial charge is 0.249 e. The van der Waals surface area contributed by atoms with Crippen molar-refractivity contribution in [3.05, 3.63) is 36.2 Å². The molecular formula is C22H31N3O2. The van der Waals surface area contributed by atoms with Crippen LogP contribution in [-0.2, 0) is 4.79 Å². The molecule has 1 aromatic carbocycles. The van der Waals surface area contributed by atoms with Crippen molar-refractivity contribution in [2.45, 2.75) is 77.2 Å². The van der Waals surface area contributed by atoms with Gasteiger partial charge >= 0.3 is 0 Å². The molecule has 146 valence electrons. The second-order valence-electron chi connectivity index (χ2n) is 7.44. The first-order valence-corrected chi connectivity index (χ1v) is 10.5. The van der Waals surface area contributed by atoms with E-state index in [1.807, 2.05) is 35.2 Å². The Hall–Kier alpha value is -2.17. The first-order valence-electron chi connectivity index (χ1n) is 10.5. The normalized spacial score (nSPS) is 17.2. The number of benzene rings is 1. The summed E-state index contributed by atoms with van der Waals surface area (Å²) in [4.78, 5) is 19.3. The van der Waals surface area contributed by atoms with Gasteiger partial charge in [-0.25, -0.2) is 0 Å². The second kappa shape index (κ2) is 10.2. The Kier molecular flexibility index (Phi) is 7.43. The molecule has 3 rings (SSSR count). The highest BCUT2D eigenvalue weighted by Crippen LogP contribution is 2.31. The first-order chi connectivity index (χ1) is 13.3. The Bertz CT molecular complexity index is 699. The minimum atomic E-state index is -0.0729. The van der Waals surface area contributed by atoms with E-state index in [1.165, 1.54) is 25.7 Å². The maximum absolute atomic E-state index is 12.8. The van der Waals surface area contributed by atoms with E-state index >= 15 is 0 Å². The molecule has 1 unspecified atom stereocenters. The molecule has 0 saturated carbocycles. The van der Waals surface area contributed by atoms with Crippen LogP contribution in [0.15, 0.2) is 34.9 Å². The van der Waals surface area contributed by atoms with Crippen molar-refractivity contribution in [1.82, 2.24) is 15.0 Å². The van der Waals surface area contributed by atoms with Crippen LogP contribution in [0.1, 0.15) is 83.1 Å². The Labute approximate surface area is 162 Å². The van der Waals surface area contributed by atoms with E-state index in [4.69, 9.17) is 4.52 Å². The van der Waals surface area contributed by atoms with Gasteiger partial charge < -0.3 is 9.42 Å². The molecule has 5 nitrogen and oxygen atoms in total. The van der Waals surface area contributed by atoms with Gasteiger partial charge in [0.25, 0.3) is 0 Å². The first kappa shape index (κ1) is 19.6. The number of piperidine rings is 1. The molecule has 0 spiro atoms. The summed E-state index contributed by atoms with van der Waals surface area (Å²) < 4.78 is 5.55. The fraction of sp³-hybridized carbons (Fsp3) is 0.591. The van der Waals surface area contributed by atoms with Crippen LogP contribution < -0.4 is 0 Å². The molecule has 0 radical (unpaired) electrons. The van der Waals surface area contributed by atoms with E-state index in [0.717, 1.165) is 44.2 Å². The number of carbonyl (C=O) groups excluding carboxylic acids is 1. The zero-order chi connectivity index (χ0) is 18.9. The molecule has 1 aliphatic rings. The van der Waals surface area contributed by atoms with Crippen molar-refractivity contribution in [3.63, 3.8) is 0 Å². The van der Waals surface area contributed by atoms with Crippen LogP contribution in [0.3, 0.4) is 0 Å². The molecule has 1 fully saturated rings. The number of rotatable bonds is 9. The third-order valence-electron chi connectivity index (χ3n) is 5.33. The molecule has 5 heteroatoms. The predicted octanol–water partition coefficient (Wildman–Crippen LogP) is 5.54. The van der Waals surface area contributed by atoms with Crippen LogP contribution in [-0.4, -0.2) is 27.5 Å². The summed E-state index contributed by atoms with van der Waals surface area (Å²) in [5.41, 5.74) is 0.938. The number of aromatic nitrogens is 2. The quantitative estimate of drug-likeness (QED) is 0.544. The van der Waals surface area contributed by atoms with E-state index in [9.17, 15) is 4.79 Å². The van der Waals surface area contributed by atoms with Gasteiger partial charge in [-0.15, -0.1) is 0 Å². The minimum absolute atomic E-state index is 0.0729. The predicted molar refractivity (Wildman–Crippen MR) is 106 cm³/mol. The van der Waals surface area contributed by atoms with E-state index < -0.39 is 0 Å². The van der Waals surface area contributed by atoms with Gasteiger partial charge in [-0.2, -0.15) is 4.98 Å². The van der Waals surface area contributed by atoms with Crippen molar-refractivity contribution in [2.75, 3.05) is 6.54 Å². The summed E-state index contributed by atoms with van der Waals surface area (Å²) >= 11 is 0. The van der Waals surface area contributed by atoms with Crippen LogP contribution in [0.25, 0.3) is 11.4 Å². The van der Waals surface area contributed by atoms with Crippen LogP contribution >= 0.6 is 0 Å². The molecule has 0 bridgehead atoms. The van der Waals surface area contributed by atoms with Gasteiger partial charge in [0.2, 0.25) is 17.6 Å². The maximum Gasteiger partial charge on any atom is 0.249 e. The number of hydrogen-bond acceptors (Lipinski definition) is 4. The lowest BCUT2D eigenvalue weighted by Crippen LogP contribution is -2.38. The zero-order valence-electron chi connectivity index (χ0n) is 16.4. The summed E-state index contributed by atoms with van der Waals surface area (Å²) in [7, 11) is 0. The highest BCUT2D eigenvalue weighted by Gasteiger charge is 2.31. The molecule has 2 heterocycles. The summed E-state index contributed by atoms with van der Waals surface area (Å²) in [5.74, 6) is 1.40. The van der Waals surface area contributed by atoms with Crippen molar-refractivity contribution >= 4 is 5.91 Å². The number of amides is 1. The summed E-state index contributed by atoms with van der Waals surface area (Å²) in [6, 6.07) is 9.75. The lowest BCUT2D eigenvalue weighted by atomic mass is 10.0. The number of likely N-dealkylation sites (tertiary alicyclic amines) is 1. The van der Waals surface area contributed by atoms with Crippen molar-refractivity contribution < 1.29 is 9.32 Å². The highest BCUT2D eigenvalue weighted by molar-refractivity contribution is 5.76. The second-order valence-corrected chi connectivity index (χ2v) is 7.44. The molecule has 2 aromatic rings. The van der Waals surface area contributed by atoms with E-state index in [-0.39, 0.29) is 11.9 Å². The fourth-order valence-electron chi connectivity index (χ4n) is 3.76. The number of carbonyl (C=O) groups is 1. The van der Waals surface area contributed by atoms with Gasteiger partial charge in [-0.1, -0.05) is 74.5 Å². The number of unbranched alkanes of at least 4 members (excludes halogenated alkanes) is 5. The number of hydrogen-bond donors (Lipinski definition) is 0. The third-order valence-corrected chi connectivity index (χ3v) is 5.33. The van der Waals surface area contributed by atoms with Crippen LogP contribution in [0.4, 0.5) is 0 Å². The van der Waals surface area contributed by atoms with Gasteiger partial charge in [0.15, 0.2) is 0 Å². The average Bonchev–Trinajstić information content (AvgIpc) is 3.21. The van der Waals surface area contributed by atoms with Crippen LogP contribution in [0, 0.1) is 0 Å². The number of nitrogens with zero attached hydrogens (tertiary/aromatic N) is 3. The molecule has 0 aliphatic carbocycles. The molecule has 0 N–H and O–H groups in total. The monoisotopic (exact) mass is 369 g/mol. The summed E-state index contributed by atoms with van der Waals surface area (Å²) in [6.07, 6.45) is 10.9. The van der Waals surface area contributed by atoms with Gasteiger partial charge in [-0.05, 0) is 25.7 Å². The molecule has 1 amide bonds. The van der Waals surface area contributed by atoms with Gasteiger partial charge in [0, 0.05) is 18.5 Å². The Morgan fingerprint density at radius 2 is 1.89 bits per heavy atom. The van der Waals surface area contributed by atoms with Gasteiger partial charge in [0.1, 0.15) is 6.04 Å². The summed E-state index contributed by atoms with van der Waals surface area (Å²) in [6.45, 7) is 3.02. The molecule has 1 atom stereocenters. The zero-order valence-corrected chi connectivity index (χ0v) is 16.4. The molecule has 1 aromatic heterocycles. The molecule has 1 aliphatic heterocycles. The molecule has 1 saturated heterocycles. The molecular weight excluding hydrogens is 338 g/mol. The SMILES string of the molecule is CCCCCCCCC(=O)N1CCCCC1c1nc(-c2ccccc2)no1. The minimum Gasteiger partial charge on any atom is -0.337 e. The lowest BCUT2D eigenvalue weighted by molar-refractivity contribution is -0.135. The lowest BCUT2D eigenvalue weighted by Gasteiger charge is -2.33. The van der Waals surface area contributed by atoms with Crippen LogP contribution in [0.5, 0.6) is 0 Å².